The van der Waals surface area contributed by atoms with Crippen molar-refractivity contribution in [2.45, 2.75) is 13.8 Å². The van der Waals surface area contributed by atoms with Crippen LogP contribution in [0.25, 0.3) is 0 Å². The molecule has 0 radical (unpaired) electrons. The van der Waals surface area contributed by atoms with Gasteiger partial charge in [0.2, 0.25) is 11.8 Å². The monoisotopic (exact) mass is 434 g/mol. The second kappa shape index (κ2) is 11.6. The summed E-state index contributed by atoms with van der Waals surface area (Å²) in [6, 6.07) is 4.85. The van der Waals surface area contributed by atoms with E-state index in [1.54, 1.807) is 18.2 Å². The van der Waals surface area contributed by atoms with Crippen molar-refractivity contribution in [3.05, 3.63) is 30.0 Å². The van der Waals surface area contributed by atoms with Crippen LogP contribution in [0.1, 0.15) is 13.8 Å². The van der Waals surface area contributed by atoms with Crippen molar-refractivity contribution in [2.75, 3.05) is 44.8 Å². The van der Waals surface area contributed by atoms with Crippen molar-refractivity contribution in [2.24, 2.45) is 0 Å². The molecule has 0 fully saturated rings. The quantitative estimate of drug-likeness (QED) is 0.251. The van der Waals surface area contributed by atoms with E-state index in [0.717, 1.165) is 11.0 Å². The largest absolute Gasteiger partial charge is 0.488 e. The summed E-state index contributed by atoms with van der Waals surface area (Å²) < 4.78 is 11.3. The van der Waals surface area contributed by atoms with Crippen LogP contribution in [0, 0.1) is 0 Å². The molecule has 0 aromatic heterocycles. The number of hydrogen-bond acceptors (Lipinski definition) is 8. The predicted molar refractivity (Wildman–Crippen MR) is 110 cm³/mol. The van der Waals surface area contributed by atoms with Gasteiger partial charge >= 0.3 is 0 Å². The fourth-order valence-electron chi connectivity index (χ4n) is 2.66. The molecule has 2 rings (SSSR count). The highest BCUT2D eigenvalue weighted by Gasteiger charge is 2.30. The van der Waals surface area contributed by atoms with Gasteiger partial charge in [-0.25, -0.2) is 0 Å². The molecule has 1 aliphatic rings. The molecule has 1 aliphatic heterocycles. The standard InChI is InChI=1S/C20H26N4O7/c1-13(26)21-5-9-30-17-4-3-15(11-18(17)31-10-6-22-14(2)27)23-16-12-19(28)24(7-8-25)20(16)29/h3-4,11-12,23,25H,5-10H2,1-2H3,(H,21,26)(H,22,27). The van der Waals surface area contributed by atoms with Gasteiger partial charge in [0.05, 0.1) is 26.2 Å². The van der Waals surface area contributed by atoms with Crippen molar-refractivity contribution in [1.82, 2.24) is 15.5 Å². The molecule has 168 valence electrons. The van der Waals surface area contributed by atoms with Gasteiger partial charge in [-0.15, -0.1) is 0 Å². The number of hydrogen-bond donors (Lipinski definition) is 4. The smallest absolute Gasteiger partial charge is 0.277 e. The van der Waals surface area contributed by atoms with Gasteiger partial charge < -0.3 is 30.5 Å². The average molecular weight is 434 g/mol. The second-order valence-corrected chi connectivity index (χ2v) is 6.53. The van der Waals surface area contributed by atoms with Crippen LogP contribution in [0.2, 0.25) is 0 Å². The predicted octanol–water partition coefficient (Wildman–Crippen LogP) is -0.627. The number of aliphatic hydroxyl groups is 1. The maximum absolute atomic E-state index is 12.3. The molecular weight excluding hydrogens is 408 g/mol. The lowest BCUT2D eigenvalue weighted by molar-refractivity contribution is -0.137. The van der Waals surface area contributed by atoms with Gasteiger partial charge in [-0.05, 0) is 12.1 Å². The number of anilines is 1. The van der Waals surface area contributed by atoms with E-state index in [1.165, 1.54) is 13.8 Å². The minimum atomic E-state index is -0.539. The summed E-state index contributed by atoms with van der Waals surface area (Å²) in [4.78, 5) is 47.1. The molecule has 0 spiro atoms. The number of benzene rings is 1. The zero-order valence-corrected chi connectivity index (χ0v) is 17.4. The third-order valence-electron chi connectivity index (χ3n) is 4.02. The Morgan fingerprint density at radius 2 is 1.61 bits per heavy atom. The molecule has 4 amide bonds. The minimum Gasteiger partial charge on any atom is -0.488 e. The molecule has 0 bridgehead atoms. The number of rotatable bonds is 12. The highest BCUT2D eigenvalue weighted by atomic mass is 16.5. The highest BCUT2D eigenvalue weighted by Crippen LogP contribution is 2.31. The Labute approximate surface area is 179 Å². The van der Waals surface area contributed by atoms with Crippen molar-refractivity contribution in [1.29, 1.82) is 0 Å². The molecule has 1 aromatic rings. The second-order valence-electron chi connectivity index (χ2n) is 6.53. The molecule has 1 aromatic carbocycles. The van der Waals surface area contributed by atoms with Gasteiger partial charge in [0.15, 0.2) is 11.5 Å². The molecule has 0 saturated heterocycles. The van der Waals surface area contributed by atoms with Crippen LogP contribution in [0.4, 0.5) is 5.69 Å². The topological polar surface area (TPSA) is 146 Å². The lowest BCUT2D eigenvalue weighted by atomic mass is 10.2. The number of imide groups is 1. The van der Waals surface area contributed by atoms with Crippen molar-refractivity contribution < 1.29 is 33.8 Å². The van der Waals surface area contributed by atoms with Crippen LogP contribution in [0.3, 0.4) is 0 Å². The SMILES string of the molecule is CC(=O)NCCOc1ccc(NC2=CC(=O)N(CCO)C2=O)cc1OCCNC(C)=O. The first-order chi connectivity index (χ1) is 14.8. The lowest BCUT2D eigenvalue weighted by Gasteiger charge is -2.16. The molecular formula is C20H26N4O7. The van der Waals surface area contributed by atoms with Crippen LogP contribution in [-0.2, 0) is 19.2 Å². The Morgan fingerprint density at radius 3 is 2.19 bits per heavy atom. The fourth-order valence-corrected chi connectivity index (χ4v) is 2.66. The average Bonchev–Trinajstić information content (AvgIpc) is 2.97. The first-order valence-corrected chi connectivity index (χ1v) is 9.65. The summed E-state index contributed by atoms with van der Waals surface area (Å²) in [7, 11) is 0. The third-order valence-corrected chi connectivity index (χ3v) is 4.02. The summed E-state index contributed by atoms with van der Waals surface area (Å²) >= 11 is 0. The Balaban J connectivity index is 2.09. The zero-order valence-electron chi connectivity index (χ0n) is 17.4. The number of nitrogens with zero attached hydrogens (tertiary/aromatic N) is 1. The van der Waals surface area contributed by atoms with E-state index in [-0.39, 0.29) is 50.4 Å². The number of nitrogens with one attached hydrogen (secondary N) is 3. The van der Waals surface area contributed by atoms with Gasteiger partial charge in [-0.2, -0.15) is 0 Å². The van der Waals surface area contributed by atoms with E-state index >= 15 is 0 Å². The summed E-state index contributed by atoms with van der Waals surface area (Å²) in [5.41, 5.74) is 0.545. The van der Waals surface area contributed by atoms with E-state index < -0.39 is 11.8 Å². The zero-order chi connectivity index (χ0) is 22.8. The number of carbonyl (C=O) groups excluding carboxylic acids is 4. The molecule has 11 heteroatoms. The Kier molecular flexibility index (Phi) is 8.82. The van der Waals surface area contributed by atoms with E-state index in [0.29, 0.717) is 23.7 Å². The molecule has 11 nitrogen and oxygen atoms in total. The van der Waals surface area contributed by atoms with Crippen LogP contribution in [0.15, 0.2) is 30.0 Å². The van der Waals surface area contributed by atoms with E-state index in [9.17, 15) is 19.2 Å². The molecule has 0 aliphatic carbocycles. The van der Waals surface area contributed by atoms with E-state index in [4.69, 9.17) is 14.6 Å². The van der Waals surface area contributed by atoms with Crippen LogP contribution < -0.4 is 25.4 Å². The normalized spacial score (nSPS) is 13.0. The van der Waals surface area contributed by atoms with Crippen LogP contribution >= 0.6 is 0 Å². The molecule has 4 N–H and O–H groups in total. The maximum atomic E-state index is 12.3. The Bertz CT molecular complexity index is 869. The maximum Gasteiger partial charge on any atom is 0.277 e. The van der Waals surface area contributed by atoms with Crippen LogP contribution in [0.5, 0.6) is 11.5 Å². The van der Waals surface area contributed by atoms with Gasteiger partial charge in [0, 0.05) is 31.7 Å². The first kappa shape index (κ1) is 23.7. The molecule has 0 saturated carbocycles. The van der Waals surface area contributed by atoms with Gasteiger partial charge in [-0.1, -0.05) is 0 Å². The number of aliphatic hydroxyl groups excluding tert-OH is 1. The molecule has 1 heterocycles. The summed E-state index contributed by atoms with van der Waals surface area (Å²) in [5.74, 6) is -0.649. The third kappa shape index (κ3) is 7.30. The first-order valence-electron chi connectivity index (χ1n) is 9.65. The molecule has 31 heavy (non-hydrogen) atoms. The Morgan fingerprint density at radius 1 is 1.00 bits per heavy atom. The molecule has 0 atom stereocenters. The summed E-state index contributed by atoms with van der Waals surface area (Å²) in [5, 5.41) is 17.1. The van der Waals surface area contributed by atoms with Crippen molar-refractivity contribution in [3.8, 4) is 11.5 Å². The van der Waals surface area contributed by atoms with Gasteiger partial charge in [0.25, 0.3) is 11.8 Å². The van der Waals surface area contributed by atoms with Crippen LogP contribution in [-0.4, -0.2) is 73.1 Å². The van der Waals surface area contributed by atoms with E-state index in [1.807, 2.05) is 0 Å². The summed E-state index contributed by atoms with van der Waals surface area (Å²) in [6.45, 7) is 3.38. The van der Waals surface area contributed by atoms with Crippen molar-refractivity contribution in [3.63, 3.8) is 0 Å². The fraction of sp³-hybridized carbons (Fsp3) is 0.400. The number of β-amino-alcohol motifs (C(OH)–C–C–N with tert-alkyl or cyclic N) is 1. The van der Waals surface area contributed by atoms with Gasteiger partial charge in [-0.3, -0.25) is 24.1 Å². The van der Waals surface area contributed by atoms with Gasteiger partial charge in [0.1, 0.15) is 18.9 Å². The molecule has 0 unspecified atom stereocenters. The Hall–Kier alpha value is -3.60. The summed E-state index contributed by atoms with van der Waals surface area (Å²) in [6.07, 6.45) is 1.16. The highest BCUT2D eigenvalue weighted by molar-refractivity contribution is 6.17. The minimum absolute atomic E-state index is 0.0713. The lowest BCUT2D eigenvalue weighted by Crippen LogP contribution is -2.34. The number of carbonyl (C=O) groups is 4. The van der Waals surface area contributed by atoms with E-state index in [2.05, 4.69) is 16.0 Å². The number of amides is 4. The van der Waals surface area contributed by atoms with Crippen molar-refractivity contribution >= 4 is 29.3 Å². The number of ether oxygens (including phenoxy) is 2.